The lowest BCUT2D eigenvalue weighted by molar-refractivity contribution is 0.531. The molecule has 2 rings (SSSR count). The SMILES string of the molecule is CC(C)(C)N=C(NN)C1CCc2ccccc2C1. The van der Waals surface area contributed by atoms with E-state index in [4.69, 9.17) is 10.8 Å². The molecule has 3 N–H and O–H groups in total. The molecule has 0 aliphatic heterocycles. The van der Waals surface area contributed by atoms with Crippen LogP contribution < -0.4 is 11.3 Å². The fraction of sp³-hybridized carbons (Fsp3) is 0.533. The first kappa shape index (κ1) is 13.1. The molecular formula is C15H23N3. The molecule has 1 unspecified atom stereocenters. The fourth-order valence-corrected chi connectivity index (χ4v) is 2.53. The summed E-state index contributed by atoms with van der Waals surface area (Å²) in [6.45, 7) is 6.29. The average molecular weight is 245 g/mol. The minimum absolute atomic E-state index is 0.0847. The average Bonchev–Trinajstić information content (AvgIpc) is 2.34. The van der Waals surface area contributed by atoms with Crippen molar-refractivity contribution in [3.8, 4) is 0 Å². The zero-order chi connectivity index (χ0) is 13.2. The highest BCUT2D eigenvalue weighted by Gasteiger charge is 2.23. The van der Waals surface area contributed by atoms with Crippen molar-refractivity contribution in [2.24, 2.45) is 16.8 Å². The molecule has 0 radical (unpaired) electrons. The molecule has 0 spiro atoms. The Balaban J connectivity index is 2.19. The molecule has 0 bridgehead atoms. The smallest absolute Gasteiger partial charge is 0.114 e. The molecule has 0 aromatic heterocycles. The third kappa shape index (κ3) is 3.10. The van der Waals surface area contributed by atoms with E-state index in [-0.39, 0.29) is 5.54 Å². The summed E-state index contributed by atoms with van der Waals surface area (Å²) in [5.74, 6) is 7.01. The van der Waals surface area contributed by atoms with Crippen molar-refractivity contribution in [2.45, 2.75) is 45.6 Å². The molecule has 1 aliphatic carbocycles. The Kier molecular flexibility index (Phi) is 3.71. The van der Waals surface area contributed by atoms with E-state index in [9.17, 15) is 0 Å². The number of amidine groups is 1. The summed E-state index contributed by atoms with van der Waals surface area (Å²) in [5.41, 5.74) is 5.63. The van der Waals surface area contributed by atoms with Crippen molar-refractivity contribution < 1.29 is 0 Å². The van der Waals surface area contributed by atoms with E-state index in [1.807, 2.05) is 0 Å². The van der Waals surface area contributed by atoms with E-state index < -0.39 is 0 Å². The van der Waals surface area contributed by atoms with Gasteiger partial charge in [0.2, 0.25) is 0 Å². The molecule has 0 heterocycles. The Morgan fingerprint density at radius 2 is 1.94 bits per heavy atom. The van der Waals surface area contributed by atoms with Gasteiger partial charge in [0.25, 0.3) is 0 Å². The van der Waals surface area contributed by atoms with Crippen molar-refractivity contribution in [3.05, 3.63) is 35.4 Å². The van der Waals surface area contributed by atoms with E-state index in [0.29, 0.717) is 5.92 Å². The summed E-state index contributed by atoms with van der Waals surface area (Å²) in [6.07, 6.45) is 3.27. The quantitative estimate of drug-likeness (QED) is 0.345. The van der Waals surface area contributed by atoms with E-state index in [1.165, 1.54) is 11.1 Å². The molecule has 0 saturated heterocycles. The summed E-state index contributed by atoms with van der Waals surface area (Å²) in [7, 11) is 0. The molecule has 1 atom stereocenters. The van der Waals surface area contributed by atoms with Crippen LogP contribution in [0.3, 0.4) is 0 Å². The number of nitrogens with zero attached hydrogens (tertiary/aromatic N) is 1. The lowest BCUT2D eigenvalue weighted by atomic mass is 9.83. The predicted octanol–water partition coefficient (Wildman–Crippen LogP) is 2.45. The molecule has 0 amide bonds. The van der Waals surface area contributed by atoms with Gasteiger partial charge in [-0.05, 0) is 51.2 Å². The highest BCUT2D eigenvalue weighted by molar-refractivity contribution is 5.85. The van der Waals surface area contributed by atoms with Gasteiger partial charge in [-0.15, -0.1) is 0 Å². The maximum absolute atomic E-state index is 5.65. The fourth-order valence-electron chi connectivity index (χ4n) is 2.53. The Hall–Kier alpha value is -1.35. The van der Waals surface area contributed by atoms with Gasteiger partial charge in [-0.2, -0.15) is 0 Å². The minimum Gasteiger partial charge on any atom is -0.312 e. The van der Waals surface area contributed by atoms with Gasteiger partial charge in [0, 0.05) is 5.92 Å². The van der Waals surface area contributed by atoms with E-state index in [1.54, 1.807) is 0 Å². The molecule has 18 heavy (non-hydrogen) atoms. The maximum atomic E-state index is 5.65. The topological polar surface area (TPSA) is 50.4 Å². The number of benzene rings is 1. The number of rotatable bonds is 1. The van der Waals surface area contributed by atoms with Crippen LogP contribution >= 0.6 is 0 Å². The van der Waals surface area contributed by atoms with Gasteiger partial charge in [-0.3, -0.25) is 4.99 Å². The molecule has 0 saturated carbocycles. The summed E-state index contributed by atoms with van der Waals surface area (Å²) in [5, 5.41) is 0. The van der Waals surface area contributed by atoms with E-state index in [2.05, 4.69) is 50.5 Å². The van der Waals surface area contributed by atoms with Crippen LogP contribution in [0, 0.1) is 5.92 Å². The Morgan fingerprint density at radius 1 is 1.28 bits per heavy atom. The summed E-state index contributed by atoms with van der Waals surface area (Å²) >= 11 is 0. The molecule has 98 valence electrons. The first-order chi connectivity index (χ1) is 8.49. The lowest BCUT2D eigenvalue weighted by Crippen LogP contribution is -2.40. The second-order valence-corrected chi connectivity index (χ2v) is 6.02. The van der Waals surface area contributed by atoms with E-state index >= 15 is 0 Å². The normalized spacial score (nSPS) is 20.4. The second kappa shape index (κ2) is 5.11. The molecule has 3 nitrogen and oxygen atoms in total. The standard InChI is InChI=1S/C15H23N3/c1-15(2,3)17-14(18-16)13-9-8-11-6-4-5-7-12(11)10-13/h4-7,13H,8-10,16H2,1-3H3,(H,17,18). The van der Waals surface area contributed by atoms with Crippen LogP contribution in [-0.2, 0) is 12.8 Å². The van der Waals surface area contributed by atoms with Crippen molar-refractivity contribution in [3.63, 3.8) is 0 Å². The lowest BCUT2D eigenvalue weighted by Gasteiger charge is -2.27. The number of nitrogens with two attached hydrogens (primary N) is 1. The minimum atomic E-state index is -0.0847. The van der Waals surface area contributed by atoms with Gasteiger partial charge in [-0.25, -0.2) is 5.84 Å². The number of aryl methyl sites for hydroxylation is 1. The summed E-state index contributed by atoms with van der Waals surface area (Å²) in [6, 6.07) is 8.66. The van der Waals surface area contributed by atoms with Gasteiger partial charge >= 0.3 is 0 Å². The van der Waals surface area contributed by atoms with Crippen LogP contribution in [0.1, 0.15) is 38.3 Å². The van der Waals surface area contributed by atoms with Gasteiger partial charge in [-0.1, -0.05) is 24.3 Å². The van der Waals surface area contributed by atoms with Crippen molar-refractivity contribution in [1.82, 2.24) is 5.43 Å². The zero-order valence-corrected chi connectivity index (χ0v) is 11.5. The van der Waals surface area contributed by atoms with Gasteiger partial charge in [0.1, 0.15) is 5.84 Å². The number of hydrogen-bond donors (Lipinski definition) is 2. The van der Waals surface area contributed by atoms with Crippen LogP contribution in [0.5, 0.6) is 0 Å². The first-order valence-corrected chi connectivity index (χ1v) is 6.63. The Bertz CT molecular complexity index is 443. The molecule has 0 fully saturated rings. The van der Waals surface area contributed by atoms with Crippen LogP contribution in [0.25, 0.3) is 0 Å². The van der Waals surface area contributed by atoms with Crippen molar-refractivity contribution >= 4 is 5.84 Å². The Morgan fingerprint density at radius 3 is 2.56 bits per heavy atom. The molecule has 3 heteroatoms. The first-order valence-electron chi connectivity index (χ1n) is 6.63. The van der Waals surface area contributed by atoms with E-state index in [0.717, 1.165) is 25.1 Å². The Labute approximate surface area is 109 Å². The summed E-state index contributed by atoms with van der Waals surface area (Å²) < 4.78 is 0. The van der Waals surface area contributed by atoms with Gasteiger partial charge in [0.15, 0.2) is 0 Å². The number of hydrogen-bond acceptors (Lipinski definition) is 2. The second-order valence-electron chi connectivity index (χ2n) is 6.02. The number of nitrogens with one attached hydrogen (secondary N) is 1. The molecule has 1 aromatic rings. The number of aliphatic imine (C=N–C) groups is 1. The van der Waals surface area contributed by atoms with Crippen LogP contribution in [0.2, 0.25) is 0 Å². The van der Waals surface area contributed by atoms with Crippen molar-refractivity contribution in [2.75, 3.05) is 0 Å². The van der Waals surface area contributed by atoms with Crippen LogP contribution in [0.4, 0.5) is 0 Å². The van der Waals surface area contributed by atoms with Gasteiger partial charge in [0.05, 0.1) is 5.54 Å². The maximum Gasteiger partial charge on any atom is 0.114 e. The monoisotopic (exact) mass is 245 g/mol. The molecular weight excluding hydrogens is 222 g/mol. The third-order valence-corrected chi connectivity index (χ3v) is 3.34. The van der Waals surface area contributed by atoms with Crippen molar-refractivity contribution in [1.29, 1.82) is 0 Å². The number of fused-ring (bicyclic) bond motifs is 1. The third-order valence-electron chi connectivity index (χ3n) is 3.34. The van der Waals surface area contributed by atoms with Gasteiger partial charge < -0.3 is 5.43 Å². The molecule has 1 aromatic carbocycles. The largest absolute Gasteiger partial charge is 0.312 e. The number of hydrazine groups is 1. The predicted molar refractivity (Wildman–Crippen MR) is 76.5 cm³/mol. The summed E-state index contributed by atoms with van der Waals surface area (Å²) in [4.78, 5) is 4.70. The molecule has 1 aliphatic rings. The highest BCUT2D eigenvalue weighted by Crippen LogP contribution is 2.26. The zero-order valence-electron chi connectivity index (χ0n) is 11.5. The van der Waals surface area contributed by atoms with Crippen LogP contribution in [0.15, 0.2) is 29.3 Å². The van der Waals surface area contributed by atoms with Crippen LogP contribution in [-0.4, -0.2) is 11.4 Å². The highest BCUT2D eigenvalue weighted by atomic mass is 15.3.